The third kappa shape index (κ3) is 5.82. The number of carbonyl (C=O) groups is 2. The van der Waals surface area contributed by atoms with Gasteiger partial charge in [-0.25, -0.2) is 4.79 Å². The molecule has 0 radical (unpaired) electrons. The van der Waals surface area contributed by atoms with Crippen molar-refractivity contribution in [2.45, 2.75) is 42.5 Å². The second kappa shape index (κ2) is 9.35. The number of nitrogens with zero attached hydrogens (tertiary/aromatic N) is 3. The fraction of sp³-hybridized carbons (Fsp3) is 0.733. The average Bonchev–Trinajstić information content (AvgIpc) is 3.10. The van der Waals surface area contributed by atoms with Crippen LogP contribution in [0.4, 0.5) is 9.93 Å². The molecule has 2 aliphatic rings. The Hall–Kier alpha value is -1.39. The van der Waals surface area contributed by atoms with Crippen molar-refractivity contribution in [2.75, 3.05) is 37.0 Å². The van der Waals surface area contributed by atoms with E-state index in [0.717, 1.165) is 48.2 Å². The minimum Gasteiger partial charge on any atom is -0.378 e. The Morgan fingerprint density at radius 3 is 2.72 bits per heavy atom. The average molecular weight is 386 g/mol. The van der Waals surface area contributed by atoms with Crippen LogP contribution >= 0.6 is 23.1 Å². The van der Waals surface area contributed by atoms with Crippen molar-refractivity contribution < 1.29 is 14.3 Å². The predicted molar refractivity (Wildman–Crippen MR) is 97.2 cm³/mol. The smallest absolute Gasteiger partial charge is 0.321 e. The summed E-state index contributed by atoms with van der Waals surface area (Å²) in [5.74, 6) is -0.169. The number of hydrogen-bond donors (Lipinski definition) is 2. The van der Waals surface area contributed by atoms with Gasteiger partial charge in [-0.15, -0.1) is 10.2 Å². The molecule has 25 heavy (non-hydrogen) atoms. The fourth-order valence-corrected chi connectivity index (χ4v) is 4.59. The van der Waals surface area contributed by atoms with Gasteiger partial charge in [0.05, 0.1) is 19.0 Å². The summed E-state index contributed by atoms with van der Waals surface area (Å²) in [5.41, 5.74) is 0. The highest BCUT2D eigenvalue weighted by molar-refractivity contribution is 8.01. The maximum Gasteiger partial charge on any atom is 0.321 e. The number of amides is 3. The van der Waals surface area contributed by atoms with Gasteiger partial charge in [0.25, 0.3) is 0 Å². The fourth-order valence-electron chi connectivity index (χ4n) is 2.90. The molecular formula is C15H23N5O3S2. The molecule has 1 aromatic rings. The molecule has 3 amide bonds. The lowest BCUT2D eigenvalue weighted by atomic mass is 9.96. The number of aromatic nitrogens is 2. The molecule has 2 fully saturated rings. The second-order valence-corrected chi connectivity index (χ2v) is 8.27. The molecule has 8 nitrogen and oxygen atoms in total. The third-order valence-electron chi connectivity index (χ3n) is 4.20. The standard InChI is InChI=1S/C15H23N5O3S2/c21-12(17-13(22)16-11-4-2-1-3-5-11)10-24-15-19-18-14(25-15)20-6-8-23-9-7-20/h11H,1-10H2,(H2,16,17,21,22). The van der Waals surface area contributed by atoms with Gasteiger partial charge in [0, 0.05) is 19.1 Å². The molecule has 0 unspecified atom stereocenters. The van der Waals surface area contributed by atoms with E-state index in [1.165, 1.54) is 29.5 Å². The zero-order valence-electron chi connectivity index (χ0n) is 14.0. The van der Waals surface area contributed by atoms with Crippen LogP contribution in [0.5, 0.6) is 0 Å². The highest BCUT2D eigenvalue weighted by atomic mass is 32.2. The molecule has 0 bridgehead atoms. The van der Waals surface area contributed by atoms with Crippen LogP contribution in [0, 0.1) is 0 Å². The van der Waals surface area contributed by atoms with Crippen LogP contribution in [-0.2, 0) is 9.53 Å². The second-order valence-electron chi connectivity index (χ2n) is 6.10. The van der Waals surface area contributed by atoms with Crippen molar-refractivity contribution in [3.63, 3.8) is 0 Å². The number of hydrogen-bond acceptors (Lipinski definition) is 8. The van der Waals surface area contributed by atoms with Crippen LogP contribution < -0.4 is 15.5 Å². The van der Waals surface area contributed by atoms with Crippen molar-refractivity contribution in [2.24, 2.45) is 0 Å². The van der Waals surface area contributed by atoms with Crippen molar-refractivity contribution >= 4 is 40.2 Å². The molecular weight excluding hydrogens is 362 g/mol. The zero-order valence-corrected chi connectivity index (χ0v) is 15.7. The molecule has 2 N–H and O–H groups in total. The Morgan fingerprint density at radius 2 is 1.96 bits per heavy atom. The minimum absolute atomic E-state index is 0.149. The Morgan fingerprint density at radius 1 is 1.20 bits per heavy atom. The molecule has 0 spiro atoms. The van der Waals surface area contributed by atoms with Gasteiger partial charge in [0.1, 0.15) is 0 Å². The largest absolute Gasteiger partial charge is 0.378 e. The van der Waals surface area contributed by atoms with Gasteiger partial charge in [-0.1, -0.05) is 42.4 Å². The summed E-state index contributed by atoms with van der Waals surface area (Å²) < 4.78 is 6.04. The van der Waals surface area contributed by atoms with E-state index in [1.54, 1.807) is 0 Å². The van der Waals surface area contributed by atoms with E-state index in [9.17, 15) is 9.59 Å². The molecule has 0 atom stereocenters. The van der Waals surface area contributed by atoms with E-state index >= 15 is 0 Å². The highest BCUT2D eigenvalue weighted by Gasteiger charge is 2.18. The number of urea groups is 1. The monoisotopic (exact) mass is 385 g/mol. The minimum atomic E-state index is -0.399. The van der Waals surface area contributed by atoms with Crippen LogP contribution in [0.25, 0.3) is 0 Å². The predicted octanol–water partition coefficient (Wildman–Crippen LogP) is 1.63. The lowest BCUT2D eigenvalue weighted by Gasteiger charge is -2.25. The van der Waals surface area contributed by atoms with Crippen molar-refractivity contribution in [3.8, 4) is 0 Å². The molecule has 0 aromatic carbocycles. The summed E-state index contributed by atoms with van der Waals surface area (Å²) in [5, 5.41) is 14.4. The van der Waals surface area contributed by atoms with Crippen LogP contribution in [0.15, 0.2) is 4.34 Å². The van der Waals surface area contributed by atoms with E-state index in [1.807, 2.05) is 0 Å². The van der Waals surface area contributed by atoms with E-state index in [0.29, 0.717) is 13.2 Å². The van der Waals surface area contributed by atoms with Gasteiger partial charge < -0.3 is 15.0 Å². The summed E-state index contributed by atoms with van der Waals surface area (Å²) >= 11 is 2.76. The Balaban J connectivity index is 1.38. The number of thioether (sulfide) groups is 1. The molecule has 1 aromatic heterocycles. The summed E-state index contributed by atoms with van der Waals surface area (Å²) in [6.07, 6.45) is 5.48. The van der Waals surface area contributed by atoms with Crippen molar-refractivity contribution in [3.05, 3.63) is 0 Å². The van der Waals surface area contributed by atoms with Gasteiger partial charge in [-0.2, -0.15) is 0 Å². The van der Waals surface area contributed by atoms with E-state index in [2.05, 4.69) is 25.7 Å². The van der Waals surface area contributed by atoms with Crippen LogP contribution in [0.1, 0.15) is 32.1 Å². The van der Waals surface area contributed by atoms with Crippen molar-refractivity contribution in [1.82, 2.24) is 20.8 Å². The molecule has 10 heteroatoms. The van der Waals surface area contributed by atoms with Crippen LogP contribution in [-0.4, -0.2) is 60.2 Å². The molecule has 1 aliphatic carbocycles. The molecule has 2 heterocycles. The number of ether oxygens (including phenoxy) is 1. The number of imide groups is 1. The van der Waals surface area contributed by atoms with E-state index in [-0.39, 0.29) is 17.7 Å². The molecule has 138 valence electrons. The number of carbonyl (C=O) groups excluding carboxylic acids is 2. The number of anilines is 1. The molecule has 1 saturated heterocycles. The van der Waals surface area contributed by atoms with Gasteiger partial charge in [-0.05, 0) is 12.8 Å². The first kappa shape index (κ1) is 18.4. The van der Waals surface area contributed by atoms with Gasteiger partial charge in [0.2, 0.25) is 11.0 Å². The normalized spacial score (nSPS) is 18.8. The quantitative estimate of drug-likeness (QED) is 0.744. The van der Waals surface area contributed by atoms with E-state index in [4.69, 9.17) is 4.74 Å². The highest BCUT2D eigenvalue weighted by Crippen LogP contribution is 2.28. The van der Waals surface area contributed by atoms with Gasteiger partial charge in [-0.3, -0.25) is 10.1 Å². The number of rotatable bonds is 5. The Kier molecular flexibility index (Phi) is 6.88. The first-order valence-electron chi connectivity index (χ1n) is 8.60. The summed E-state index contributed by atoms with van der Waals surface area (Å²) in [6.45, 7) is 3.00. The lowest BCUT2D eigenvalue weighted by molar-refractivity contribution is -0.117. The maximum atomic E-state index is 11.9. The Bertz CT molecular complexity index is 585. The first-order valence-corrected chi connectivity index (χ1v) is 10.4. The first-order chi connectivity index (χ1) is 12.2. The number of morpholine rings is 1. The topological polar surface area (TPSA) is 96.5 Å². The van der Waals surface area contributed by atoms with Crippen LogP contribution in [0.2, 0.25) is 0 Å². The molecule has 1 saturated carbocycles. The maximum absolute atomic E-state index is 11.9. The van der Waals surface area contributed by atoms with E-state index < -0.39 is 6.03 Å². The molecule has 3 rings (SSSR count). The molecule has 1 aliphatic heterocycles. The van der Waals surface area contributed by atoms with Crippen LogP contribution in [0.3, 0.4) is 0 Å². The summed E-state index contributed by atoms with van der Waals surface area (Å²) in [4.78, 5) is 25.9. The van der Waals surface area contributed by atoms with Gasteiger partial charge >= 0.3 is 6.03 Å². The summed E-state index contributed by atoms with van der Waals surface area (Å²) in [6, 6.07) is -0.211. The summed E-state index contributed by atoms with van der Waals surface area (Å²) in [7, 11) is 0. The lowest BCUT2D eigenvalue weighted by Crippen LogP contribution is -2.45. The van der Waals surface area contributed by atoms with Gasteiger partial charge in [0.15, 0.2) is 4.34 Å². The SMILES string of the molecule is O=C(CSc1nnc(N2CCOCC2)s1)NC(=O)NC1CCCCC1. The Labute approximate surface area is 155 Å². The zero-order chi connectivity index (χ0) is 17.5. The number of nitrogens with one attached hydrogen (secondary N) is 2. The van der Waals surface area contributed by atoms with Crippen molar-refractivity contribution in [1.29, 1.82) is 0 Å². The third-order valence-corrected chi connectivity index (χ3v) is 6.31.